The largest absolute Gasteiger partial charge is 0.492 e. The van der Waals surface area contributed by atoms with Gasteiger partial charge in [0.15, 0.2) is 0 Å². The van der Waals surface area contributed by atoms with E-state index in [4.69, 9.17) is 9.47 Å². The number of carbonyl (C=O) groups excluding carboxylic acids is 1. The van der Waals surface area contributed by atoms with Gasteiger partial charge in [-0.3, -0.25) is 0 Å². The lowest BCUT2D eigenvalue weighted by Gasteiger charge is -2.09. The molecule has 2 heterocycles. The molecular weight excluding hydrogens is 334 g/mol. The highest BCUT2D eigenvalue weighted by molar-refractivity contribution is 9.10. The second-order valence-corrected chi connectivity index (χ2v) is 5.58. The van der Waals surface area contributed by atoms with E-state index in [1.165, 1.54) is 0 Å². The summed E-state index contributed by atoms with van der Waals surface area (Å²) in [5, 5.41) is 0. The zero-order valence-electron chi connectivity index (χ0n) is 11.6. The molecule has 0 amide bonds. The SMILES string of the molecule is CCOC(=O)c1cccc(-c2cc(Br)cc3c2OCC3)n1. The molecule has 1 aromatic carbocycles. The van der Waals surface area contributed by atoms with Gasteiger partial charge in [0.05, 0.1) is 18.9 Å². The fraction of sp³-hybridized carbons (Fsp3) is 0.250. The van der Waals surface area contributed by atoms with Crippen molar-refractivity contribution >= 4 is 21.9 Å². The van der Waals surface area contributed by atoms with E-state index in [0.29, 0.717) is 24.6 Å². The Balaban J connectivity index is 2.05. The van der Waals surface area contributed by atoms with E-state index in [0.717, 1.165) is 27.8 Å². The molecule has 1 aliphatic rings. The number of ether oxygens (including phenoxy) is 2. The van der Waals surface area contributed by atoms with Crippen LogP contribution in [0.1, 0.15) is 23.0 Å². The van der Waals surface area contributed by atoms with Crippen LogP contribution in [-0.2, 0) is 11.2 Å². The van der Waals surface area contributed by atoms with Gasteiger partial charge in [0, 0.05) is 16.5 Å². The first-order chi connectivity index (χ1) is 10.2. The number of pyridine rings is 1. The Hall–Kier alpha value is -1.88. The number of esters is 1. The first kappa shape index (κ1) is 14.1. The highest BCUT2D eigenvalue weighted by atomic mass is 79.9. The third-order valence-corrected chi connectivity index (χ3v) is 3.72. The molecule has 4 nitrogen and oxygen atoms in total. The molecule has 0 unspecified atom stereocenters. The molecule has 0 radical (unpaired) electrons. The number of fused-ring (bicyclic) bond motifs is 1. The van der Waals surface area contributed by atoms with E-state index in [1.54, 1.807) is 19.1 Å². The van der Waals surface area contributed by atoms with Crippen molar-refractivity contribution in [3.63, 3.8) is 0 Å². The number of rotatable bonds is 3. The summed E-state index contributed by atoms with van der Waals surface area (Å²) in [6.45, 7) is 2.78. The number of halogens is 1. The summed E-state index contributed by atoms with van der Waals surface area (Å²) in [5.74, 6) is 0.443. The quantitative estimate of drug-likeness (QED) is 0.795. The van der Waals surface area contributed by atoms with Crippen LogP contribution < -0.4 is 4.74 Å². The van der Waals surface area contributed by atoms with Crippen LogP contribution in [0.5, 0.6) is 5.75 Å². The summed E-state index contributed by atoms with van der Waals surface area (Å²) in [7, 11) is 0. The highest BCUT2D eigenvalue weighted by Crippen LogP contribution is 2.38. The lowest BCUT2D eigenvalue weighted by Crippen LogP contribution is -2.07. The molecule has 3 rings (SSSR count). The summed E-state index contributed by atoms with van der Waals surface area (Å²) < 4.78 is 11.7. The molecule has 0 saturated heterocycles. The number of hydrogen-bond donors (Lipinski definition) is 0. The zero-order chi connectivity index (χ0) is 14.8. The maximum atomic E-state index is 11.8. The Bertz CT molecular complexity index is 700. The fourth-order valence-electron chi connectivity index (χ4n) is 2.36. The molecule has 1 aromatic heterocycles. The normalized spacial score (nSPS) is 12.7. The Kier molecular flexibility index (Phi) is 3.92. The molecule has 21 heavy (non-hydrogen) atoms. The van der Waals surface area contributed by atoms with Gasteiger partial charge in [-0.15, -0.1) is 0 Å². The molecule has 0 N–H and O–H groups in total. The Morgan fingerprint density at radius 1 is 1.43 bits per heavy atom. The van der Waals surface area contributed by atoms with E-state index < -0.39 is 5.97 Å². The van der Waals surface area contributed by atoms with Gasteiger partial charge < -0.3 is 9.47 Å². The van der Waals surface area contributed by atoms with Crippen molar-refractivity contribution in [3.8, 4) is 17.0 Å². The minimum absolute atomic E-state index is 0.307. The summed E-state index contributed by atoms with van der Waals surface area (Å²) in [5.41, 5.74) is 3.06. The van der Waals surface area contributed by atoms with Crippen LogP contribution in [0, 0.1) is 0 Å². The topological polar surface area (TPSA) is 48.4 Å². The van der Waals surface area contributed by atoms with Crippen molar-refractivity contribution in [2.75, 3.05) is 13.2 Å². The number of carbonyl (C=O) groups is 1. The van der Waals surface area contributed by atoms with E-state index in [9.17, 15) is 4.79 Å². The number of nitrogens with zero attached hydrogens (tertiary/aromatic N) is 1. The zero-order valence-corrected chi connectivity index (χ0v) is 13.1. The molecule has 0 atom stereocenters. The third-order valence-electron chi connectivity index (χ3n) is 3.26. The van der Waals surface area contributed by atoms with Gasteiger partial charge in [0.2, 0.25) is 0 Å². The first-order valence-electron chi connectivity index (χ1n) is 6.79. The van der Waals surface area contributed by atoms with Gasteiger partial charge in [0.25, 0.3) is 0 Å². The molecule has 5 heteroatoms. The van der Waals surface area contributed by atoms with Crippen molar-refractivity contribution in [1.82, 2.24) is 4.98 Å². The molecule has 0 fully saturated rings. The van der Waals surface area contributed by atoms with Crippen molar-refractivity contribution in [1.29, 1.82) is 0 Å². The van der Waals surface area contributed by atoms with Crippen LogP contribution in [-0.4, -0.2) is 24.2 Å². The smallest absolute Gasteiger partial charge is 0.356 e. The van der Waals surface area contributed by atoms with Crippen LogP contribution in [0.3, 0.4) is 0 Å². The fourth-order valence-corrected chi connectivity index (χ4v) is 2.87. The summed E-state index contributed by atoms with van der Waals surface area (Å²) in [6.07, 6.45) is 0.888. The molecule has 2 aromatic rings. The van der Waals surface area contributed by atoms with Gasteiger partial charge in [0.1, 0.15) is 11.4 Å². The van der Waals surface area contributed by atoms with Crippen molar-refractivity contribution < 1.29 is 14.3 Å². The molecule has 0 bridgehead atoms. The van der Waals surface area contributed by atoms with Crippen LogP contribution in [0.25, 0.3) is 11.3 Å². The van der Waals surface area contributed by atoms with Gasteiger partial charge in [-0.05, 0) is 36.8 Å². The second-order valence-electron chi connectivity index (χ2n) is 4.67. The number of hydrogen-bond acceptors (Lipinski definition) is 4. The standard InChI is InChI=1S/C16H14BrNO3/c1-2-20-16(19)14-5-3-4-13(18-14)12-9-11(17)8-10-6-7-21-15(10)12/h3-5,8-9H,2,6-7H2,1H3. The Morgan fingerprint density at radius 3 is 3.10 bits per heavy atom. The van der Waals surface area contributed by atoms with Gasteiger partial charge in [-0.1, -0.05) is 22.0 Å². The van der Waals surface area contributed by atoms with Crippen LogP contribution >= 0.6 is 15.9 Å². The van der Waals surface area contributed by atoms with Gasteiger partial charge in [-0.25, -0.2) is 9.78 Å². The second kappa shape index (κ2) is 5.85. The predicted molar refractivity (Wildman–Crippen MR) is 82.5 cm³/mol. The van der Waals surface area contributed by atoms with Crippen LogP contribution in [0.2, 0.25) is 0 Å². The monoisotopic (exact) mass is 347 g/mol. The molecule has 0 aliphatic carbocycles. The Morgan fingerprint density at radius 2 is 2.29 bits per heavy atom. The third kappa shape index (κ3) is 2.78. The predicted octanol–water partition coefficient (Wildman–Crippen LogP) is 3.62. The Labute approximate surface area is 131 Å². The first-order valence-corrected chi connectivity index (χ1v) is 7.58. The van der Waals surface area contributed by atoms with Crippen molar-refractivity contribution in [2.24, 2.45) is 0 Å². The van der Waals surface area contributed by atoms with E-state index in [-0.39, 0.29) is 0 Å². The maximum absolute atomic E-state index is 11.8. The molecule has 0 saturated carbocycles. The van der Waals surface area contributed by atoms with Crippen LogP contribution in [0.4, 0.5) is 0 Å². The average Bonchev–Trinajstić information content (AvgIpc) is 2.95. The molecule has 108 valence electrons. The average molecular weight is 348 g/mol. The van der Waals surface area contributed by atoms with E-state index in [1.807, 2.05) is 12.1 Å². The van der Waals surface area contributed by atoms with Crippen molar-refractivity contribution in [3.05, 3.63) is 46.1 Å². The highest BCUT2D eigenvalue weighted by Gasteiger charge is 2.20. The van der Waals surface area contributed by atoms with Crippen LogP contribution in [0.15, 0.2) is 34.8 Å². The molecular formula is C16H14BrNO3. The lowest BCUT2D eigenvalue weighted by molar-refractivity contribution is 0.0519. The van der Waals surface area contributed by atoms with Crippen molar-refractivity contribution in [2.45, 2.75) is 13.3 Å². The minimum atomic E-state index is -0.410. The summed E-state index contributed by atoms with van der Waals surface area (Å²) >= 11 is 3.51. The summed E-state index contributed by atoms with van der Waals surface area (Å²) in [4.78, 5) is 16.2. The maximum Gasteiger partial charge on any atom is 0.356 e. The van der Waals surface area contributed by atoms with Gasteiger partial charge >= 0.3 is 5.97 Å². The summed E-state index contributed by atoms with van der Waals surface area (Å²) in [6, 6.07) is 9.34. The number of aromatic nitrogens is 1. The molecule has 1 aliphatic heterocycles. The van der Waals surface area contributed by atoms with Gasteiger partial charge in [-0.2, -0.15) is 0 Å². The van der Waals surface area contributed by atoms with E-state index in [2.05, 4.69) is 27.0 Å². The number of benzene rings is 1. The van der Waals surface area contributed by atoms with E-state index >= 15 is 0 Å². The lowest BCUT2D eigenvalue weighted by atomic mass is 10.0. The minimum Gasteiger partial charge on any atom is -0.492 e. The molecule has 0 spiro atoms.